The Morgan fingerprint density at radius 1 is 0.244 bits per heavy atom. The van der Waals surface area contributed by atoms with Crippen molar-refractivity contribution < 1.29 is 75.8 Å². The highest BCUT2D eigenvalue weighted by atomic mass is 31.2. The minimum atomic E-state index is -4.96. The molecule has 4 N–H and O–H groups in total. The monoisotopic (exact) mass is 1700 g/mol. The summed E-state index contributed by atoms with van der Waals surface area (Å²) in [4.78, 5) is 59.0. The number of hydrogen-bond acceptors (Lipinski definition) is 14. The lowest BCUT2D eigenvalue weighted by Crippen LogP contribution is -2.30. The van der Waals surface area contributed by atoms with E-state index in [9.17, 15) is 43.5 Å². The van der Waals surface area contributed by atoms with Crippen molar-refractivity contribution in [2.75, 3.05) is 39.6 Å². The summed E-state index contributed by atoms with van der Waals surface area (Å²) < 4.78 is 61.5. The van der Waals surface area contributed by atoms with Gasteiger partial charge < -0.3 is 34.2 Å². The van der Waals surface area contributed by atoms with Crippen molar-refractivity contribution in [2.45, 2.75) is 386 Å². The fourth-order valence-electron chi connectivity index (χ4n) is 12.3. The van der Waals surface area contributed by atoms with E-state index in [0.29, 0.717) is 19.3 Å². The summed E-state index contributed by atoms with van der Waals surface area (Å²) in [5.41, 5.74) is 0. The van der Waals surface area contributed by atoms with Gasteiger partial charge in [0, 0.05) is 19.3 Å². The van der Waals surface area contributed by atoms with Crippen molar-refractivity contribution in [3.05, 3.63) is 194 Å². The van der Waals surface area contributed by atoms with Crippen LogP contribution in [0.4, 0.5) is 0 Å². The van der Waals surface area contributed by atoms with Crippen LogP contribution in [0.2, 0.25) is 0 Å². The number of aliphatic hydroxyl groups is 2. The van der Waals surface area contributed by atoms with E-state index in [4.69, 9.17) is 32.3 Å². The molecule has 0 bridgehead atoms. The molecule has 0 saturated carbocycles. The quantitative estimate of drug-likeness (QED) is 0.0146. The Balaban J connectivity index is 4.63. The molecule has 0 aliphatic heterocycles. The molecule has 0 aromatic carbocycles. The van der Waals surface area contributed by atoms with Crippen LogP contribution in [0.15, 0.2) is 194 Å². The van der Waals surface area contributed by atoms with Gasteiger partial charge >= 0.3 is 33.6 Å². The number of hydrogen-bond donors (Lipinski definition) is 4. The van der Waals surface area contributed by atoms with Gasteiger partial charge in [-0.3, -0.25) is 32.5 Å². The summed E-state index contributed by atoms with van der Waals surface area (Å²) in [5, 5.41) is 20.7. The van der Waals surface area contributed by atoms with E-state index >= 15 is 0 Å². The van der Waals surface area contributed by atoms with Crippen LogP contribution in [-0.2, 0) is 55.8 Å². The van der Waals surface area contributed by atoms with Gasteiger partial charge in [-0.1, -0.05) is 376 Å². The number of carbonyl (C=O) groups excluding carboxylic acids is 3. The van der Waals surface area contributed by atoms with Crippen molar-refractivity contribution in [2.24, 2.45) is 0 Å². The second-order valence-electron chi connectivity index (χ2n) is 30.7. The number of phosphoric acid groups is 2. The molecule has 119 heavy (non-hydrogen) atoms. The van der Waals surface area contributed by atoms with E-state index in [-0.39, 0.29) is 19.3 Å². The number of rotatable bonds is 87. The minimum absolute atomic E-state index is 0.0653. The second kappa shape index (κ2) is 91.6. The normalized spacial score (nSPS) is 14.6. The molecule has 0 rings (SSSR count). The van der Waals surface area contributed by atoms with E-state index in [1.165, 1.54) is 122 Å². The summed E-state index contributed by atoms with van der Waals surface area (Å²) in [6, 6.07) is 0. The Morgan fingerprint density at radius 2 is 0.445 bits per heavy atom. The Bertz CT molecular complexity index is 2940. The van der Waals surface area contributed by atoms with Crippen molar-refractivity contribution in [1.82, 2.24) is 0 Å². The van der Waals surface area contributed by atoms with Gasteiger partial charge in [0.05, 0.1) is 26.4 Å². The van der Waals surface area contributed by atoms with Crippen LogP contribution in [0.1, 0.15) is 367 Å². The van der Waals surface area contributed by atoms with E-state index in [1.54, 1.807) is 0 Å². The molecular weight excluding hydrogens is 1530 g/mol. The summed E-state index contributed by atoms with van der Waals surface area (Å²) in [6.45, 7) is 2.41. The number of ether oxygens (including phenoxy) is 3. The van der Waals surface area contributed by atoms with Crippen LogP contribution < -0.4 is 0 Å². The summed E-state index contributed by atoms with van der Waals surface area (Å²) in [6.07, 6.45) is 122. The molecule has 0 amide bonds. The van der Waals surface area contributed by atoms with Crippen LogP contribution in [0.3, 0.4) is 0 Å². The van der Waals surface area contributed by atoms with Crippen LogP contribution in [0.25, 0.3) is 0 Å². The highest BCUT2D eigenvalue weighted by Crippen LogP contribution is 2.45. The third kappa shape index (κ3) is 92.9. The van der Waals surface area contributed by atoms with Gasteiger partial charge in [-0.15, -0.1) is 0 Å². The molecule has 5 atom stereocenters. The third-order valence-corrected chi connectivity index (χ3v) is 21.2. The number of allylic oxidation sites excluding steroid dienone is 32. The molecule has 0 saturated heterocycles. The number of unbranched alkanes of at least 4 members (excludes halogenated alkanes) is 32. The van der Waals surface area contributed by atoms with Gasteiger partial charge in [0.25, 0.3) is 0 Å². The molecule has 18 heteroatoms. The zero-order chi connectivity index (χ0) is 86.5. The maximum absolute atomic E-state index is 13.1. The predicted molar refractivity (Wildman–Crippen MR) is 500 cm³/mol. The summed E-state index contributed by atoms with van der Waals surface area (Å²) in [7, 11) is -9.83. The highest BCUT2D eigenvalue weighted by molar-refractivity contribution is 7.47. The molecule has 0 radical (unpaired) electrons. The second-order valence-corrected chi connectivity index (χ2v) is 33.6. The first-order valence-electron chi connectivity index (χ1n) is 46.7. The van der Waals surface area contributed by atoms with Crippen molar-refractivity contribution in [3.63, 3.8) is 0 Å². The standard InChI is InChI=1S/C101H168O16P2/c1-4-7-10-13-16-19-22-25-28-31-34-37-40-42-44-45-46-47-48-49-51-53-55-57-60-63-66-69-72-75-78-81-84-87-99(104)111-90-96(102)91-113-118(107,108)114-92-97(103)93-115-119(109,110)116-95-98(117-101(106)89-86-83-80-77-74-71-68-65-62-59-54-39-36-33-30-27-24-21-18-15-12-9-6-3)94-112-100(105)88-85-82-79-76-73-70-67-64-61-58-56-52-50-43-41-38-35-32-29-26-23-20-17-14-11-8-5-2/h8-9,11-12,16-21,25-30,34-39,42-44,50,56,58-59,62,68,71,96-98,102-103H,4-7,10,13-15,22-24,31-33,40-41,45-49,51-55,57,60-61,63-67,69-70,72-95H2,1-3H3,(H,107,108)(H,109,110)/b11-8-,12-9-,19-16-,20-17-,21-18-,28-25-,29-26-,30-27-,37-34-,38-35-,39-36-,44-42-,50-43-,58-56-,62-59-,71-68-. The zero-order valence-electron chi connectivity index (χ0n) is 74.7. The van der Waals surface area contributed by atoms with Crippen molar-refractivity contribution in [1.29, 1.82) is 0 Å². The first-order valence-corrected chi connectivity index (χ1v) is 49.7. The molecule has 678 valence electrons. The van der Waals surface area contributed by atoms with E-state index in [2.05, 4.69) is 215 Å². The highest BCUT2D eigenvalue weighted by Gasteiger charge is 2.29. The molecule has 5 unspecified atom stereocenters. The van der Waals surface area contributed by atoms with Crippen molar-refractivity contribution in [3.8, 4) is 0 Å². The zero-order valence-corrected chi connectivity index (χ0v) is 76.5. The molecule has 0 aromatic heterocycles. The average Bonchev–Trinajstić information content (AvgIpc) is 0.902. The third-order valence-electron chi connectivity index (χ3n) is 19.3. The molecule has 16 nitrogen and oxygen atoms in total. The van der Waals surface area contributed by atoms with Gasteiger partial charge in [-0.05, 0) is 167 Å². The number of phosphoric ester groups is 2. The topological polar surface area (TPSA) is 231 Å². The van der Waals surface area contributed by atoms with Gasteiger partial charge in [-0.2, -0.15) is 0 Å². The predicted octanol–water partition coefficient (Wildman–Crippen LogP) is 29.0. The van der Waals surface area contributed by atoms with Gasteiger partial charge in [0.15, 0.2) is 6.10 Å². The van der Waals surface area contributed by atoms with Crippen LogP contribution in [0, 0.1) is 0 Å². The average molecular weight is 1700 g/mol. The smallest absolute Gasteiger partial charge is 0.463 e. The van der Waals surface area contributed by atoms with E-state index < -0.39 is 91.5 Å². The fourth-order valence-corrected chi connectivity index (χ4v) is 13.9. The molecule has 0 spiro atoms. The Morgan fingerprint density at radius 3 is 0.706 bits per heavy atom. The van der Waals surface area contributed by atoms with Gasteiger partial charge in [0.1, 0.15) is 25.4 Å². The van der Waals surface area contributed by atoms with Crippen LogP contribution in [-0.4, -0.2) is 95.9 Å². The molecule has 0 aromatic rings. The largest absolute Gasteiger partial charge is 0.472 e. The van der Waals surface area contributed by atoms with Gasteiger partial charge in [-0.25, -0.2) is 9.13 Å². The lowest BCUT2D eigenvalue weighted by molar-refractivity contribution is -0.161. The van der Waals surface area contributed by atoms with E-state index in [0.717, 1.165) is 186 Å². The Hall–Kier alpha value is -5.61. The molecular formula is C101H168O16P2. The molecule has 0 aliphatic rings. The van der Waals surface area contributed by atoms with Crippen LogP contribution in [0.5, 0.6) is 0 Å². The Labute approximate surface area is 725 Å². The maximum atomic E-state index is 13.1. The molecule has 0 fully saturated rings. The summed E-state index contributed by atoms with van der Waals surface area (Å²) in [5.74, 6) is -1.62. The lowest BCUT2D eigenvalue weighted by atomic mass is 10.0. The minimum Gasteiger partial charge on any atom is -0.463 e. The van der Waals surface area contributed by atoms with Gasteiger partial charge in [0.2, 0.25) is 0 Å². The first-order chi connectivity index (χ1) is 58.2. The lowest BCUT2D eigenvalue weighted by Gasteiger charge is -2.21. The van der Waals surface area contributed by atoms with Crippen molar-refractivity contribution >= 4 is 33.6 Å². The number of aliphatic hydroxyl groups excluding tert-OH is 2. The SMILES string of the molecule is CC/C=C\C/C=C\C/C=C\C/C=C\C/C=C\C/C=C\CCCCCCCCCCC(=O)OCC(COP(=O)(O)OCC(O)COP(=O)(O)OCC(O)COC(=O)CCCCCCCCCCCCCCCCCCC/C=C\C/C=C\C/C=C\C/C=C\CCCCC)OC(=O)CCCCCC/C=C\C/C=C\C/C=C\C/C=C\C/C=C\C/C=C\CC. The first kappa shape index (κ1) is 113. The summed E-state index contributed by atoms with van der Waals surface area (Å²) >= 11 is 0. The Kier molecular flexibility index (Phi) is 87.3. The fraction of sp³-hybridized carbons (Fsp3) is 0.653. The molecule has 0 aliphatic carbocycles. The molecule has 0 heterocycles. The number of esters is 3. The number of carbonyl (C=O) groups is 3. The maximum Gasteiger partial charge on any atom is 0.472 e. The van der Waals surface area contributed by atoms with Crippen LogP contribution >= 0.6 is 15.6 Å². The van der Waals surface area contributed by atoms with E-state index in [1.807, 2.05) is 0 Å².